The Morgan fingerprint density at radius 3 is 2.28 bits per heavy atom. The average Bonchev–Trinajstić information content (AvgIpc) is 2.57. The largest absolute Gasteiger partial charge is 0.494 e. The highest BCUT2D eigenvalue weighted by molar-refractivity contribution is 6.04. The summed E-state index contributed by atoms with van der Waals surface area (Å²) in [7, 11) is 0. The molecule has 25 heavy (non-hydrogen) atoms. The molecule has 0 fully saturated rings. The number of carbonyl (C=O) groups excluding carboxylic acids is 1. The van der Waals surface area contributed by atoms with E-state index in [1.54, 1.807) is 38.1 Å². The van der Waals surface area contributed by atoms with Crippen LogP contribution in [-0.2, 0) is 4.79 Å². The second kappa shape index (κ2) is 8.28. The molecular formula is C19H20FNO4. The van der Waals surface area contributed by atoms with Gasteiger partial charge in [-0.25, -0.2) is 4.39 Å². The van der Waals surface area contributed by atoms with E-state index >= 15 is 0 Å². The Balaban J connectivity index is 1.94. The molecule has 0 spiro atoms. The Kier molecular flexibility index (Phi) is 6.11. The predicted molar refractivity (Wildman–Crippen MR) is 92.6 cm³/mol. The first-order chi connectivity index (χ1) is 11.9. The van der Waals surface area contributed by atoms with E-state index in [1.807, 2.05) is 0 Å². The van der Waals surface area contributed by atoms with Crippen LogP contribution < -0.4 is 10.1 Å². The predicted octanol–water partition coefficient (Wildman–Crippen LogP) is 3.94. The van der Waals surface area contributed by atoms with Crippen LogP contribution in [0.4, 0.5) is 10.1 Å². The third-order valence-electron chi connectivity index (χ3n) is 3.61. The zero-order valence-corrected chi connectivity index (χ0v) is 14.1. The second-order valence-electron chi connectivity index (χ2n) is 5.75. The van der Waals surface area contributed by atoms with Crippen LogP contribution in [0.15, 0.2) is 36.4 Å². The molecule has 6 heteroatoms. The number of halogens is 1. The number of hydrogen-bond donors (Lipinski definition) is 2. The molecule has 0 bridgehead atoms. The Bertz CT molecular complexity index is 748. The summed E-state index contributed by atoms with van der Waals surface area (Å²) in [5.41, 5.74) is 1.83. The molecule has 0 radical (unpaired) electrons. The van der Waals surface area contributed by atoms with Crippen LogP contribution in [0, 0.1) is 19.7 Å². The molecule has 0 aliphatic heterocycles. The first kappa shape index (κ1) is 18.4. The number of benzene rings is 2. The summed E-state index contributed by atoms with van der Waals surface area (Å²) in [5, 5.41) is 11.3. The third-order valence-corrected chi connectivity index (χ3v) is 3.61. The lowest BCUT2D eigenvalue weighted by Gasteiger charge is -2.09. The Morgan fingerprint density at radius 2 is 1.72 bits per heavy atom. The molecule has 0 saturated heterocycles. The number of rotatable bonds is 7. The van der Waals surface area contributed by atoms with Crippen LogP contribution in [0.2, 0.25) is 0 Å². The maximum absolute atomic E-state index is 13.6. The molecule has 0 unspecified atom stereocenters. The van der Waals surface area contributed by atoms with Crippen LogP contribution in [0.25, 0.3) is 0 Å². The van der Waals surface area contributed by atoms with Crippen molar-refractivity contribution in [2.45, 2.75) is 26.7 Å². The molecule has 2 N–H and O–H groups in total. The van der Waals surface area contributed by atoms with Gasteiger partial charge in [-0.15, -0.1) is 0 Å². The maximum Gasteiger partial charge on any atom is 0.303 e. The number of hydrogen-bond acceptors (Lipinski definition) is 3. The summed E-state index contributed by atoms with van der Waals surface area (Å²) in [5.74, 6) is -0.882. The number of aliphatic carboxylic acids is 1. The van der Waals surface area contributed by atoms with Gasteiger partial charge >= 0.3 is 5.97 Å². The van der Waals surface area contributed by atoms with Gasteiger partial charge in [0.2, 0.25) is 0 Å². The zero-order valence-electron chi connectivity index (χ0n) is 14.1. The SMILES string of the molecule is Cc1cc(C(=O)Nc2ccc(OCCCC(=O)O)cc2)cc(C)c1F. The summed E-state index contributed by atoms with van der Waals surface area (Å²) >= 11 is 0. The van der Waals surface area contributed by atoms with Gasteiger partial charge in [-0.3, -0.25) is 9.59 Å². The molecule has 5 nitrogen and oxygen atoms in total. The number of nitrogens with one attached hydrogen (secondary N) is 1. The number of carbonyl (C=O) groups is 2. The van der Waals surface area contributed by atoms with Gasteiger partial charge in [0.1, 0.15) is 11.6 Å². The summed E-state index contributed by atoms with van der Waals surface area (Å²) in [6, 6.07) is 9.78. The fourth-order valence-electron chi connectivity index (χ4n) is 2.33. The van der Waals surface area contributed by atoms with Gasteiger partial charge in [0, 0.05) is 17.7 Å². The fraction of sp³-hybridized carbons (Fsp3) is 0.263. The van der Waals surface area contributed by atoms with E-state index in [0.29, 0.717) is 41.2 Å². The van der Waals surface area contributed by atoms with E-state index in [0.717, 1.165) is 0 Å². The van der Waals surface area contributed by atoms with E-state index in [2.05, 4.69) is 5.32 Å². The molecular weight excluding hydrogens is 325 g/mol. The van der Waals surface area contributed by atoms with Crippen molar-refractivity contribution in [3.8, 4) is 5.75 Å². The van der Waals surface area contributed by atoms with Crippen molar-refractivity contribution < 1.29 is 23.8 Å². The number of aryl methyl sites for hydroxylation is 2. The number of carboxylic acid groups (broad SMARTS) is 1. The van der Waals surface area contributed by atoms with Crippen molar-refractivity contribution in [3.63, 3.8) is 0 Å². The summed E-state index contributed by atoms with van der Waals surface area (Å²) < 4.78 is 19.1. The molecule has 0 atom stereocenters. The van der Waals surface area contributed by atoms with Gasteiger partial charge in [0.25, 0.3) is 5.91 Å². The molecule has 132 valence electrons. The summed E-state index contributed by atoms with van der Waals surface area (Å²) in [4.78, 5) is 22.7. The van der Waals surface area contributed by atoms with Crippen molar-refractivity contribution in [1.82, 2.24) is 0 Å². The number of anilines is 1. The highest BCUT2D eigenvalue weighted by Gasteiger charge is 2.11. The number of amides is 1. The minimum absolute atomic E-state index is 0.0602. The van der Waals surface area contributed by atoms with Crippen molar-refractivity contribution in [1.29, 1.82) is 0 Å². The molecule has 0 aliphatic carbocycles. The van der Waals surface area contributed by atoms with Crippen molar-refractivity contribution >= 4 is 17.6 Å². The smallest absolute Gasteiger partial charge is 0.303 e. The molecule has 2 aromatic carbocycles. The minimum atomic E-state index is -0.854. The first-order valence-corrected chi connectivity index (χ1v) is 7.89. The summed E-state index contributed by atoms with van der Waals surface area (Å²) in [6.07, 6.45) is 0.488. The normalized spacial score (nSPS) is 10.4. The quantitative estimate of drug-likeness (QED) is 0.745. The molecule has 2 rings (SSSR count). The van der Waals surface area contributed by atoms with Gasteiger partial charge in [-0.1, -0.05) is 0 Å². The lowest BCUT2D eigenvalue weighted by molar-refractivity contribution is -0.137. The van der Waals surface area contributed by atoms with Crippen LogP contribution in [0.3, 0.4) is 0 Å². The molecule has 0 heterocycles. The molecule has 2 aromatic rings. The Labute approximate surface area is 145 Å². The van der Waals surface area contributed by atoms with Gasteiger partial charge in [-0.2, -0.15) is 0 Å². The van der Waals surface area contributed by atoms with Crippen LogP contribution in [-0.4, -0.2) is 23.6 Å². The van der Waals surface area contributed by atoms with Gasteiger partial charge in [0.15, 0.2) is 0 Å². The van der Waals surface area contributed by atoms with Crippen molar-refractivity contribution in [2.24, 2.45) is 0 Å². The Morgan fingerprint density at radius 1 is 1.12 bits per heavy atom. The van der Waals surface area contributed by atoms with Gasteiger partial charge < -0.3 is 15.2 Å². The number of carboxylic acids is 1. The van der Waals surface area contributed by atoms with Crippen molar-refractivity contribution in [3.05, 3.63) is 58.9 Å². The second-order valence-corrected chi connectivity index (χ2v) is 5.75. The summed E-state index contributed by atoms with van der Waals surface area (Å²) in [6.45, 7) is 3.55. The lowest BCUT2D eigenvalue weighted by atomic mass is 10.1. The minimum Gasteiger partial charge on any atom is -0.494 e. The molecule has 0 saturated carbocycles. The third kappa shape index (κ3) is 5.31. The average molecular weight is 345 g/mol. The van der Waals surface area contributed by atoms with Crippen LogP contribution in [0.1, 0.15) is 34.3 Å². The highest BCUT2D eigenvalue weighted by atomic mass is 19.1. The fourth-order valence-corrected chi connectivity index (χ4v) is 2.33. The first-order valence-electron chi connectivity index (χ1n) is 7.89. The van der Waals surface area contributed by atoms with Crippen LogP contribution >= 0.6 is 0 Å². The van der Waals surface area contributed by atoms with Gasteiger partial charge in [-0.05, 0) is 67.8 Å². The molecule has 0 aliphatic rings. The van der Waals surface area contributed by atoms with E-state index in [-0.39, 0.29) is 18.1 Å². The van der Waals surface area contributed by atoms with E-state index in [4.69, 9.17) is 9.84 Å². The van der Waals surface area contributed by atoms with E-state index < -0.39 is 5.97 Å². The maximum atomic E-state index is 13.6. The standard InChI is InChI=1S/C19H20FNO4/c1-12-10-14(11-13(2)18(12)20)19(24)21-15-5-7-16(8-6-15)25-9-3-4-17(22)23/h5-8,10-11H,3-4,9H2,1-2H3,(H,21,24)(H,22,23). The molecule has 0 aromatic heterocycles. The Hall–Kier alpha value is -2.89. The molecule has 1 amide bonds. The van der Waals surface area contributed by atoms with Crippen LogP contribution in [0.5, 0.6) is 5.75 Å². The zero-order chi connectivity index (χ0) is 18.4. The lowest BCUT2D eigenvalue weighted by Crippen LogP contribution is -2.13. The van der Waals surface area contributed by atoms with Crippen molar-refractivity contribution in [2.75, 3.05) is 11.9 Å². The van der Waals surface area contributed by atoms with E-state index in [9.17, 15) is 14.0 Å². The highest BCUT2D eigenvalue weighted by Crippen LogP contribution is 2.19. The van der Waals surface area contributed by atoms with Gasteiger partial charge in [0.05, 0.1) is 6.61 Å². The van der Waals surface area contributed by atoms with E-state index in [1.165, 1.54) is 12.1 Å². The number of ether oxygens (including phenoxy) is 1. The monoisotopic (exact) mass is 345 g/mol. The topological polar surface area (TPSA) is 75.6 Å².